The molecule has 0 saturated carbocycles. The normalized spacial score (nSPS) is 11.9. The Bertz CT molecular complexity index is 415. The molecule has 0 amide bonds. The van der Waals surface area contributed by atoms with Gasteiger partial charge in [-0.3, -0.25) is 0 Å². The Kier molecular flexibility index (Phi) is 6.16. The molecule has 0 heterocycles. The Labute approximate surface area is 108 Å². The van der Waals surface area contributed by atoms with Gasteiger partial charge in [-0.2, -0.15) is 5.26 Å². The van der Waals surface area contributed by atoms with E-state index in [0.29, 0.717) is 18.7 Å². The van der Waals surface area contributed by atoms with Crippen LogP contribution >= 0.6 is 0 Å². The lowest BCUT2D eigenvalue weighted by Gasteiger charge is -2.12. The van der Waals surface area contributed by atoms with Crippen molar-refractivity contribution in [2.75, 3.05) is 6.54 Å². The first-order valence-electron chi connectivity index (χ1n) is 6.26. The molecule has 0 bridgehead atoms. The largest absolute Gasteiger partial charge is 0.475 e. The van der Waals surface area contributed by atoms with Crippen molar-refractivity contribution in [1.29, 1.82) is 5.26 Å². The highest BCUT2D eigenvalue weighted by Gasteiger charge is 2.08. The molecule has 0 radical (unpaired) electrons. The molecule has 1 unspecified atom stereocenters. The smallest absolute Gasteiger partial charge is 0.184 e. The number of benzene rings is 1. The minimum absolute atomic E-state index is 0.339. The second-order valence-electron chi connectivity index (χ2n) is 4.12. The average molecular weight is 250 g/mol. The molecule has 0 aliphatic carbocycles. The Morgan fingerprint density at radius 2 is 2.17 bits per heavy atom. The van der Waals surface area contributed by atoms with Crippen LogP contribution in [0.3, 0.4) is 0 Å². The third-order valence-corrected chi connectivity index (χ3v) is 2.48. The molecular formula is C14H19FN2O. The van der Waals surface area contributed by atoms with Crippen LogP contribution in [0.4, 0.5) is 4.39 Å². The van der Waals surface area contributed by atoms with Gasteiger partial charge in [0.2, 0.25) is 0 Å². The fourth-order valence-corrected chi connectivity index (χ4v) is 1.57. The summed E-state index contributed by atoms with van der Waals surface area (Å²) in [6.07, 6.45) is 1.09. The zero-order chi connectivity index (χ0) is 13.4. The molecule has 1 rings (SSSR count). The van der Waals surface area contributed by atoms with Crippen LogP contribution in [0.2, 0.25) is 0 Å². The Hall–Kier alpha value is -1.60. The van der Waals surface area contributed by atoms with E-state index in [0.717, 1.165) is 18.5 Å². The standard InChI is InChI=1S/C14H19FN2O/c1-3-5-17-10-11-6-12(15)8-14(7-11)18-13(4-2)9-16/h6-8,13,17H,3-5,10H2,1-2H3. The van der Waals surface area contributed by atoms with Crippen molar-refractivity contribution in [3.8, 4) is 11.8 Å². The summed E-state index contributed by atoms with van der Waals surface area (Å²) in [6.45, 7) is 5.43. The molecule has 1 atom stereocenters. The SMILES string of the molecule is CCCNCc1cc(F)cc(OC(C#N)CC)c1. The highest BCUT2D eigenvalue weighted by molar-refractivity contribution is 5.30. The van der Waals surface area contributed by atoms with E-state index in [1.807, 2.05) is 13.0 Å². The molecule has 0 aromatic heterocycles. The van der Waals surface area contributed by atoms with Gasteiger partial charge < -0.3 is 10.1 Å². The predicted octanol–water partition coefficient (Wildman–Crippen LogP) is 3.01. The number of nitrogens with one attached hydrogen (secondary N) is 1. The summed E-state index contributed by atoms with van der Waals surface area (Å²) in [7, 11) is 0. The van der Waals surface area contributed by atoms with Gasteiger partial charge in [0.05, 0.1) is 0 Å². The third kappa shape index (κ3) is 4.72. The number of halogens is 1. The summed E-state index contributed by atoms with van der Waals surface area (Å²) < 4.78 is 18.8. The zero-order valence-electron chi connectivity index (χ0n) is 10.9. The summed E-state index contributed by atoms with van der Waals surface area (Å²) >= 11 is 0. The number of ether oxygens (including phenoxy) is 1. The van der Waals surface area contributed by atoms with E-state index in [1.54, 1.807) is 6.07 Å². The van der Waals surface area contributed by atoms with E-state index in [-0.39, 0.29) is 5.82 Å². The van der Waals surface area contributed by atoms with Crippen molar-refractivity contribution < 1.29 is 9.13 Å². The minimum Gasteiger partial charge on any atom is -0.475 e. The first-order chi connectivity index (χ1) is 8.69. The predicted molar refractivity (Wildman–Crippen MR) is 68.7 cm³/mol. The summed E-state index contributed by atoms with van der Waals surface area (Å²) in [6, 6.07) is 6.58. The molecular weight excluding hydrogens is 231 g/mol. The van der Waals surface area contributed by atoms with Gasteiger partial charge in [-0.15, -0.1) is 0 Å². The van der Waals surface area contributed by atoms with Crippen LogP contribution in [-0.4, -0.2) is 12.6 Å². The van der Waals surface area contributed by atoms with Gasteiger partial charge in [0.1, 0.15) is 17.6 Å². The maximum absolute atomic E-state index is 13.4. The lowest BCUT2D eigenvalue weighted by molar-refractivity contribution is 0.250. The summed E-state index contributed by atoms with van der Waals surface area (Å²) in [5.74, 6) is 0.0743. The van der Waals surface area contributed by atoms with Crippen LogP contribution in [0.15, 0.2) is 18.2 Å². The molecule has 1 N–H and O–H groups in total. The molecule has 1 aromatic rings. The topological polar surface area (TPSA) is 45.0 Å². The van der Waals surface area contributed by atoms with E-state index in [1.165, 1.54) is 12.1 Å². The molecule has 3 nitrogen and oxygen atoms in total. The van der Waals surface area contributed by atoms with Gasteiger partial charge in [0.25, 0.3) is 0 Å². The lowest BCUT2D eigenvalue weighted by atomic mass is 10.2. The van der Waals surface area contributed by atoms with Gasteiger partial charge >= 0.3 is 0 Å². The van der Waals surface area contributed by atoms with Crippen molar-refractivity contribution in [1.82, 2.24) is 5.32 Å². The molecule has 0 aliphatic rings. The highest BCUT2D eigenvalue weighted by atomic mass is 19.1. The summed E-state index contributed by atoms with van der Waals surface area (Å²) in [5, 5.41) is 12.0. The first-order valence-corrected chi connectivity index (χ1v) is 6.26. The molecule has 0 aliphatic heterocycles. The quantitative estimate of drug-likeness (QED) is 0.757. The van der Waals surface area contributed by atoms with Crippen LogP contribution in [0, 0.1) is 17.1 Å². The lowest BCUT2D eigenvalue weighted by Crippen LogP contribution is -2.15. The van der Waals surface area contributed by atoms with Gasteiger partial charge in [-0.05, 0) is 37.1 Å². The zero-order valence-corrected chi connectivity index (χ0v) is 10.9. The summed E-state index contributed by atoms with van der Waals surface area (Å²) in [4.78, 5) is 0. The maximum atomic E-state index is 13.4. The molecule has 0 spiro atoms. The number of nitrogens with zero attached hydrogens (tertiary/aromatic N) is 1. The van der Waals surface area contributed by atoms with E-state index in [4.69, 9.17) is 10.00 Å². The van der Waals surface area contributed by atoms with E-state index >= 15 is 0 Å². The molecule has 0 saturated heterocycles. The number of rotatable bonds is 7. The van der Waals surface area contributed by atoms with Gasteiger partial charge in [0.15, 0.2) is 6.10 Å². The van der Waals surface area contributed by atoms with Crippen molar-refractivity contribution in [2.24, 2.45) is 0 Å². The monoisotopic (exact) mass is 250 g/mol. The fourth-order valence-electron chi connectivity index (χ4n) is 1.57. The molecule has 98 valence electrons. The van der Waals surface area contributed by atoms with Crippen LogP contribution in [0.25, 0.3) is 0 Å². The van der Waals surface area contributed by atoms with Gasteiger partial charge in [-0.25, -0.2) is 4.39 Å². The molecule has 0 fully saturated rings. The van der Waals surface area contributed by atoms with Crippen LogP contribution < -0.4 is 10.1 Å². The fraction of sp³-hybridized carbons (Fsp3) is 0.500. The first kappa shape index (κ1) is 14.5. The van der Waals surface area contributed by atoms with E-state index < -0.39 is 6.10 Å². The second-order valence-corrected chi connectivity index (χ2v) is 4.12. The van der Waals surface area contributed by atoms with Crippen molar-refractivity contribution in [3.63, 3.8) is 0 Å². The van der Waals surface area contributed by atoms with Gasteiger partial charge in [-0.1, -0.05) is 13.8 Å². The van der Waals surface area contributed by atoms with Crippen molar-refractivity contribution >= 4 is 0 Å². The molecule has 1 aromatic carbocycles. The van der Waals surface area contributed by atoms with Crippen molar-refractivity contribution in [2.45, 2.75) is 39.3 Å². The highest BCUT2D eigenvalue weighted by Crippen LogP contribution is 2.18. The Balaban J connectivity index is 2.71. The molecule has 18 heavy (non-hydrogen) atoms. The number of nitriles is 1. The maximum Gasteiger partial charge on any atom is 0.184 e. The Morgan fingerprint density at radius 3 is 2.78 bits per heavy atom. The number of hydrogen-bond donors (Lipinski definition) is 1. The van der Waals surface area contributed by atoms with E-state index in [9.17, 15) is 4.39 Å². The van der Waals surface area contributed by atoms with Crippen LogP contribution in [0.1, 0.15) is 32.3 Å². The van der Waals surface area contributed by atoms with Crippen LogP contribution in [-0.2, 0) is 6.54 Å². The van der Waals surface area contributed by atoms with Gasteiger partial charge in [0, 0.05) is 12.6 Å². The summed E-state index contributed by atoms with van der Waals surface area (Å²) in [5.41, 5.74) is 0.825. The second kappa shape index (κ2) is 7.67. The van der Waals surface area contributed by atoms with Crippen LogP contribution in [0.5, 0.6) is 5.75 Å². The number of hydrogen-bond acceptors (Lipinski definition) is 3. The third-order valence-electron chi connectivity index (χ3n) is 2.48. The average Bonchev–Trinajstić information content (AvgIpc) is 2.35. The Morgan fingerprint density at radius 1 is 1.39 bits per heavy atom. The van der Waals surface area contributed by atoms with Crippen molar-refractivity contribution in [3.05, 3.63) is 29.6 Å². The van der Waals surface area contributed by atoms with E-state index in [2.05, 4.69) is 12.2 Å². The molecule has 4 heteroatoms. The minimum atomic E-state index is -0.525.